The molecule has 0 aliphatic carbocycles. The molecule has 1 aliphatic heterocycles. The Morgan fingerprint density at radius 1 is 1.19 bits per heavy atom. The monoisotopic (exact) mass is 423 g/mol. The Morgan fingerprint density at radius 3 is 2.71 bits per heavy atom. The lowest BCUT2D eigenvalue weighted by atomic mass is 10.0. The highest BCUT2D eigenvalue weighted by Gasteiger charge is 2.23. The molecule has 0 saturated carbocycles. The van der Waals surface area contributed by atoms with Gasteiger partial charge in [-0.05, 0) is 43.8 Å². The van der Waals surface area contributed by atoms with Crippen LogP contribution in [0.4, 0.5) is 10.1 Å². The van der Waals surface area contributed by atoms with Crippen LogP contribution in [0.15, 0.2) is 53.6 Å². The minimum absolute atomic E-state index is 0.0509. The van der Waals surface area contributed by atoms with Gasteiger partial charge in [-0.3, -0.25) is 14.0 Å². The minimum atomic E-state index is -0.533. The second kappa shape index (κ2) is 8.85. The van der Waals surface area contributed by atoms with Gasteiger partial charge in [-0.1, -0.05) is 13.0 Å². The molecule has 3 aromatic rings. The lowest BCUT2D eigenvalue weighted by Crippen LogP contribution is -2.46. The summed E-state index contributed by atoms with van der Waals surface area (Å²) in [6.07, 6.45) is 2.86. The average Bonchev–Trinajstić information content (AvgIpc) is 2.79. The van der Waals surface area contributed by atoms with E-state index < -0.39 is 17.5 Å². The van der Waals surface area contributed by atoms with E-state index in [-0.39, 0.29) is 11.4 Å². The zero-order chi connectivity index (χ0) is 22.0. The Kier molecular flexibility index (Phi) is 5.99. The fourth-order valence-electron chi connectivity index (χ4n) is 4.00. The molecule has 1 N–H and O–H groups in total. The summed E-state index contributed by atoms with van der Waals surface area (Å²) >= 11 is 0. The molecule has 1 aliphatic rings. The van der Waals surface area contributed by atoms with Gasteiger partial charge in [0.05, 0.1) is 6.04 Å². The van der Waals surface area contributed by atoms with Crippen molar-refractivity contribution in [2.45, 2.75) is 19.9 Å². The van der Waals surface area contributed by atoms with Crippen LogP contribution in [0.2, 0.25) is 0 Å². The van der Waals surface area contributed by atoms with Crippen molar-refractivity contribution in [2.75, 3.05) is 37.6 Å². The molecule has 1 saturated heterocycles. The van der Waals surface area contributed by atoms with Crippen molar-refractivity contribution in [3.05, 3.63) is 76.1 Å². The molecule has 3 heterocycles. The summed E-state index contributed by atoms with van der Waals surface area (Å²) in [7, 11) is 0. The smallest absolute Gasteiger partial charge is 0.270 e. The molecule has 162 valence electrons. The first kappa shape index (κ1) is 21.0. The van der Waals surface area contributed by atoms with Gasteiger partial charge in [-0.25, -0.2) is 9.37 Å². The van der Waals surface area contributed by atoms with E-state index in [4.69, 9.17) is 0 Å². The molecule has 0 radical (unpaired) electrons. The summed E-state index contributed by atoms with van der Waals surface area (Å²) in [5, 5.41) is 2.85. The van der Waals surface area contributed by atoms with Crippen molar-refractivity contribution in [1.29, 1.82) is 0 Å². The number of amides is 1. The van der Waals surface area contributed by atoms with Crippen LogP contribution in [0.1, 0.15) is 35.8 Å². The van der Waals surface area contributed by atoms with Crippen molar-refractivity contribution in [3.63, 3.8) is 0 Å². The lowest BCUT2D eigenvalue weighted by molar-refractivity contribution is 0.0938. The Balaban J connectivity index is 1.58. The minimum Gasteiger partial charge on any atom is -0.369 e. The highest BCUT2D eigenvalue weighted by atomic mass is 19.1. The third-order valence-corrected chi connectivity index (χ3v) is 5.82. The van der Waals surface area contributed by atoms with Gasteiger partial charge in [0.1, 0.15) is 17.0 Å². The second-order valence-electron chi connectivity index (χ2n) is 7.73. The molecular weight excluding hydrogens is 397 g/mol. The predicted molar refractivity (Wildman–Crippen MR) is 118 cm³/mol. The highest BCUT2D eigenvalue weighted by Crippen LogP contribution is 2.28. The molecule has 1 amide bonds. The Labute approximate surface area is 180 Å². The zero-order valence-electron chi connectivity index (χ0n) is 17.7. The standard InChI is InChI=1S/C23H26FN5O2/c1-3-27-10-12-28(13-11-27)20-8-7-17(24)14-18(20)16(2)26-22(30)19-15-25-21-6-4-5-9-29(21)23(19)31/h4-9,14-16H,3,10-13H2,1-2H3,(H,26,30). The van der Waals surface area contributed by atoms with Crippen LogP contribution in [0.3, 0.4) is 0 Å². The topological polar surface area (TPSA) is 69.9 Å². The van der Waals surface area contributed by atoms with Crippen molar-refractivity contribution in [2.24, 2.45) is 0 Å². The molecule has 2 aromatic heterocycles. The van der Waals surface area contributed by atoms with Crippen LogP contribution in [0, 0.1) is 5.82 Å². The van der Waals surface area contributed by atoms with Gasteiger partial charge >= 0.3 is 0 Å². The number of nitrogens with one attached hydrogen (secondary N) is 1. The number of benzene rings is 1. The van der Waals surface area contributed by atoms with E-state index in [2.05, 4.69) is 27.0 Å². The molecule has 7 nitrogen and oxygen atoms in total. The van der Waals surface area contributed by atoms with E-state index in [1.165, 1.54) is 22.7 Å². The first-order chi connectivity index (χ1) is 15.0. The predicted octanol–water partition coefficient (Wildman–Crippen LogP) is 2.47. The Bertz CT molecular complexity index is 1150. The van der Waals surface area contributed by atoms with Gasteiger partial charge < -0.3 is 15.1 Å². The van der Waals surface area contributed by atoms with E-state index in [1.54, 1.807) is 37.4 Å². The normalized spacial score (nSPS) is 15.8. The van der Waals surface area contributed by atoms with Gasteiger partial charge in [-0.15, -0.1) is 0 Å². The molecule has 8 heteroatoms. The number of carbonyl (C=O) groups is 1. The van der Waals surface area contributed by atoms with Crippen LogP contribution in [-0.4, -0.2) is 52.9 Å². The van der Waals surface area contributed by atoms with Crippen molar-refractivity contribution in [1.82, 2.24) is 19.6 Å². The molecular formula is C23H26FN5O2. The first-order valence-corrected chi connectivity index (χ1v) is 10.5. The zero-order valence-corrected chi connectivity index (χ0v) is 17.7. The van der Waals surface area contributed by atoms with Crippen molar-refractivity contribution >= 4 is 17.2 Å². The van der Waals surface area contributed by atoms with Gasteiger partial charge in [0.15, 0.2) is 0 Å². The number of rotatable bonds is 5. The Morgan fingerprint density at radius 2 is 1.97 bits per heavy atom. The number of hydrogen-bond acceptors (Lipinski definition) is 5. The molecule has 1 unspecified atom stereocenters. The molecule has 4 rings (SSSR count). The molecule has 0 spiro atoms. The molecule has 31 heavy (non-hydrogen) atoms. The maximum Gasteiger partial charge on any atom is 0.270 e. The van der Waals surface area contributed by atoms with E-state index in [0.29, 0.717) is 11.2 Å². The van der Waals surface area contributed by atoms with E-state index in [9.17, 15) is 14.0 Å². The molecule has 0 bridgehead atoms. The van der Waals surface area contributed by atoms with E-state index in [1.807, 2.05) is 0 Å². The third-order valence-electron chi connectivity index (χ3n) is 5.82. The number of nitrogens with zero attached hydrogens (tertiary/aromatic N) is 4. The van der Waals surface area contributed by atoms with Crippen molar-refractivity contribution in [3.8, 4) is 0 Å². The van der Waals surface area contributed by atoms with Gasteiger partial charge in [0.25, 0.3) is 11.5 Å². The summed E-state index contributed by atoms with van der Waals surface area (Å²) in [5.74, 6) is -0.895. The molecule has 1 fully saturated rings. The van der Waals surface area contributed by atoms with E-state index in [0.717, 1.165) is 38.4 Å². The molecule has 1 atom stereocenters. The largest absolute Gasteiger partial charge is 0.369 e. The van der Waals surface area contributed by atoms with Crippen LogP contribution >= 0.6 is 0 Å². The summed E-state index contributed by atoms with van der Waals surface area (Å²) in [5.41, 5.74) is 1.57. The summed E-state index contributed by atoms with van der Waals surface area (Å²) in [4.78, 5) is 34.4. The van der Waals surface area contributed by atoms with Crippen LogP contribution in [-0.2, 0) is 0 Å². The summed E-state index contributed by atoms with van der Waals surface area (Å²) in [6, 6.07) is 9.35. The van der Waals surface area contributed by atoms with Gasteiger partial charge in [-0.2, -0.15) is 0 Å². The quantitative estimate of drug-likeness (QED) is 0.683. The Hall–Kier alpha value is -3.26. The van der Waals surface area contributed by atoms with Crippen LogP contribution in [0.25, 0.3) is 5.65 Å². The summed E-state index contributed by atoms with van der Waals surface area (Å²) in [6.45, 7) is 8.49. The lowest BCUT2D eigenvalue weighted by Gasteiger charge is -2.37. The number of carbonyl (C=O) groups excluding carboxylic acids is 1. The fraction of sp³-hybridized carbons (Fsp3) is 0.348. The molecule has 1 aromatic carbocycles. The number of likely N-dealkylation sites (N-methyl/N-ethyl adjacent to an activating group) is 1. The number of hydrogen-bond donors (Lipinski definition) is 1. The van der Waals surface area contributed by atoms with Gasteiger partial charge in [0.2, 0.25) is 0 Å². The fourth-order valence-corrected chi connectivity index (χ4v) is 4.00. The maximum atomic E-state index is 14.1. The maximum absolute atomic E-state index is 14.1. The number of aromatic nitrogens is 2. The number of fused-ring (bicyclic) bond motifs is 1. The van der Waals surface area contributed by atoms with Gasteiger partial charge in [0, 0.05) is 49.8 Å². The average molecular weight is 423 g/mol. The van der Waals surface area contributed by atoms with Crippen LogP contribution in [0.5, 0.6) is 0 Å². The van der Waals surface area contributed by atoms with E-state index >= 15 is 0 Å². The number of piperazine rings is 1. The second-order valence-corrected chi connectivity index (χ2v) is 7.73. The number of halogens is 1. The highest BCUT2D eigenvalue weighted by molar-refractivity contribution is 5.94. The van der Waals surface area contributed by atoms with Crippen molar-refractivity contribution < 1.29 is 9.18 Å². The van der Waals surface area contributed by atoms with Crippen LogP contribution < -0.4 is 15.8 Å². The third kappa shape index (κ3) is 4.29. The SMILES string of the molecule is CCN1CCN(c2ccc(F)cc2C(C)NC(=O)c2cnc3ccccn3c2=O)CC1. The number of pyridine rings is 1. The number of anilines is 1. The summed E-state index contributed by atoms with van der Waals surface area (Å²) < 4.78 is 15.4. The first-order valence-electron chi connectivity index (χ1n) is 10.5.